The largest absolute Gasteiger partial charge is 0.309 e. The first-order valence-corrected chi connectivity index (χ1v) is 46.8. The van der Waals surface area contributed by atoms with Crippen LogP contribution in [0.4, 0.5) is 0 Å². The zero-order chi connectivity index (χ0) is 85.4. The molecule has 0 saturated heterocycles. The van der Waals surface area contributed by atoms with Crippen LogP contribution >= 0.6 is 56.7 Å². The predicted molar refractivity (Wildman–Crippen MR) is 549 cm³/mol. The summed E-state index contributed by atoms with van der Waals surface area (Å²) in [6.07, 6.45) is 15.6. The fraction of sp³-hybridized carbons (Fsp3) is 0. The third kappa shape index (κ3) is 12.3. The van der Waals surface area contributed by atoms with Crippen LogP contribution in [0.15, 0.2) is 402 Å². The average molecular weight is 1760 g/mol. The van der Waals surface area contributed by atoms with Gasteiger partial charge in [-0.25, -0.2) is 39.9 Å². The van der Waals surface area contributed by atoms with Crippen LogP contribution < -0.4 is 0 Å². The third-order valence-corrected chi connectivity index (χ3v) is 30.5. The quantitative estimate of drug-likeness (QED) is 0.165. The summed E-state index contributed by atoms with van der Waals surface area (Å²) < 4.78 is 24.4. The van der Waals surface area contributed by atoms with Gasteiger partial charge in [-0.2, -0.15) is 0 Å². The van der Waals surface area contributed by atoms with E-state index >= 15 is 0 Å². The van der Waals surface area contributed by atoms with Crippen LogP contribution in [0.3, 0.4) is 0 Å². The Kier molecular flexibility index (Phi) is 17.9. The molecule has 15 aromatic carbocycles. The highest BCUT2D eigenvalue weighted by Crippen LogP contribution is 2.47. The number of aromatic nitrogens is 14. The van der Waals surface area contributed by atoms with E-state index in [1.165, 1.54) is 188 Å². The van der Waals surface area contributed by atoms with Gasteiger partial charge >= 0.3 is 0 Å². The Morgan fingerprint density at radius 1 is 0.154 bits per heavy atom. The summed E-state index contributed by atoms with van der Waals surface area (Å²) in [5.41, 5.74) is 12.9. The van der Waals surface area contributed by atoms with E-state index in [2.05, 4.69) is 389 Å². The first kappa shape index (κ1) is 75.2. The van der Waals surface area contributed by atoms with Gasteiger partial charge in [0.05, 0.1) is 55.2 Å². The van der Waals surface area contributed by atoms with Crippen molar-refractivity contribution in [1.29, 1.82) is 0 Å². The molecular weight excluding hydrogens is 1690 g/mol. The molecule has 30 rings (SSSR count). The monoisotopic (exact) mass is 1750 g/mol. The summed E-state index contributed by atoms with van der Waals surface area (Å²) in [7, 11) is 0. The second-order valence-corrected chi connectivity index (χ2v) is 37.4. The molecule has 0 radical (unpaired) electrons. The second-order valence-electron chi connectivity index (χ2n) is 32.0. The van der Waals surface area contributed by atoms with Crippen molar-refractivity contribution in [3.05, 3.63) is 402 Å². The topological polar surface area (TPSA) is 141 Å². The van der Waals surface area contributed by atoms with Gasteiger partial charge in [0, 0.05) is 198 Å². The third-order valence-electron chi connectivity index (χ3n) is 24.9. The highest BCUT2D eigenvalue weighted by atomic mass is 32.1. The number of nitrogens with zero attached hydrogens (tertiary/aromatic N) is 14. The minimum atomic E-state index is 0.644. The molecule has 0 bridgehead atoms. The molecule has 0 aliphatic carbocycles. The summed E-state index contributed by atoms with van der Waals surface area (Å²) in [5, 5.41) is 25.7. The molecule has 0 aliphatic heterocycles. The van der Waals surface area contributed by atoms with Gasteiger partial charge in [0.25, 0.3) is 0 Å². The molecule has 15 aromatic heterocycles. The Balaban J connectivity index is 0.0000000856. The van der Waals surface area contributed by atoms with Crippen molar-refractivity contribution in [3.8, 4) is 29.2 Å². The molecule has 130 heavy (non-hydrogen) atoms. The lowest BCUT2D eigenvalue weighted by Crippen LogP contribution is -2.00. The first-order chi connectivity index (χ1) is 64.5. The number of hydrogen-bond donors (Lipinski definition) is 0. The number of para-hydroxylation sites is 5. The molecule has 0 amide bonds. The number of fused-ring (bicyclic) bond motifs is 30. The van der Waals surface area contributed by atoms with Gasteiger partial charge < -0.3 is 4.57 Å². The lowest BCUT2D eigenvalue weighted by Gasteiger charge is -2.07. The van der Waals surface area contributed by atoms with Gasteiger partial charge in [-0.3, -0.25) is 23.3 Å². The lowest BCUT2D eigenvalue weighted by atomic mass is 10.1. The van der Waals surface area contributed by atoms with E-state index in [4.69, 9.17) is 0 Å². The summed E-state index contributed by atoms with van der Waals surface area (Å²) in [5.74, 6) is 3.20. The summed E-state index contributed by atoms with van der Waals surface area (Å²) >= 11 is 9.28. The Morgan fingerprint density at radius 3 is 0.777 bits per heavy atom. The summed E-state index contributed by atoms with van der Waals surface area (Å²) in [4.78, 5) is 39.2. The molecule has 0 spiro atoms. The van der Waals surface area contributed by atoms with E-state index in [-0.39, 0.29) is 0 Å². The minimum Gasteiger partial charge on any atom is -0.309 e. The van der Waals surface area contributed by atoms with E-state index < -0.39 is 0 Å². The van der Waals surface area contributed by atoms with E-state index in [1.54, 1.807) is 37.6 Å². The number of pyridine rings is 2. The highest BCUT2D eigenvalue weighted by Gasteiger charge is 2.23. The van der Waals surface area contributed by atoms with Crippen LogP contribution in [0.2, 0.25) is 0 Å². The Labute approximate surface area is 759 Å². The van der Waals surface area contributed by atoms with Crippen LogP contribution in [0.1, 0.15) is 0 Å². The summed E-state index contributed by atoms with van der Waals surface area (Å²) in [6, 6.07) is 123. The van der Waals surface area contributed by atoms with Crippen LogP contribution in [-0.4, -0.2) is 67.7 Å². The van der Waals surface area contributed by atoms with Gasteiger partial charge in [-0.1, -0.05) is 188 Å². The van der Waals surface area contributed by atoms with E-state index in [0.717, 1.165) is 39.4 Å². The number of thiophene rings is 5. The molecule has 0 unspecified atom stereocenters. The van der Waals surface area contributed by atoms with E-state index in [9.17, 15) is 0 Å². The van der Waals surface area contributed by atoms with Crippen molar-refractivity contribution < 1.29 is 0 Å². The van der Waals surface area contributed by atoms with Crippen molar-refractivity contribution in [2.24, 2.45) is 0 Å². The molecule has 0 fully saturated rings. The van der Waals surface area contributed by atoms with Gasteiger partial charge in [-0.15, -0.1) is 56.7 Å². The predicted octanol–water partition coefficient (Wildman–Crippen LogP) is 30.3. The molecule has 19 heteroatoms. The maximum atomic E-state index is 4.62. The Bertz CT molecular complexity index is 8430. The van der Waals surface area contributed by atoms with Crippen molar-refractivity contribution in [3.63, 3.8) is 0 Å². The summed E-state index contributed by atoms with van der Waals surface area (Å²) in [6.45, 7) is 0. The van der Waals surface area contributed by atoms with Crippen molar-refractivity contribution in [2.45, 2.75) is 0 Å². The maximum Gasteiger partial charge on any atom is 0.237 e. The second kappa shape index (κ2) is 30.9. The standard InChI is InChI=1S/2C23H14N2S.2C22H13N3S.C21H12N4S/c1-3-9-19-15(7-1)17-14-22-18(16-8-2-4-10-21(16)26-22)13-20(17)25(19)23-11-5-6-12-24-23;1-3-7-20-16(5-1)18-14-23-19(17-6-2-4-8-22(17)26-23)13-21(18)25(20)15-9-11-24-12-10-15;1-3-8-18-14(6-1)16-13-21-17(15-7-2-4-9-20(15)26-21)12-19(16)25(18)22-23-10-5-11-24-22;1-3-7-18-14(5-1)16-12-21-17(15-6-2-4-8-20(15)26-21)11-19(16)25(18)22-9-10-23-13-24-22;1-3-7-17-13(5-1)15-10-20-16(14-6-2-4-8-19(14)26-20)9-18(15)25(17)21-23-11-22-12-24-21/h2*1-14H;2*1-13H;1-12H. The van der Waals surface area contributed by atoms with Crippen LogP contribution in [0.25, 0.3) is 239 Å². The minimum absolute atomic E-state index is 0.644. The van der Waals surface area contributed by atoms with Crippen LogP contribution in [-0.2, 0) is 0 Å². The van der Waals surface area contributed by atoms with Gasteiger partial charge in [0.15, 0.2) is 0 Å². The van der Waals surface area contributed by atoms with Crippen molar-refractivity contribution in [1.82, 2.24) is 67.7 Å². The highest BCUT2D eigenvalue weighted by molar-refractivity contribution is 7.27. The molecule has 0 saturated carbocycles. The zero-order valence-electron chi connectivity index (χ0n) is 68.9. The van der Waals surface area contributed by atoms with Crippen LogP contribution in [0, 0.1) is 0 Å². The van der Waals surface area contributed by atoms with Crippen LogP contribution in [0.5, 0.6) is 0 Å². The molecule has 610 valence electrons. The average Bonchev–Trinajstić information content (AvgIpc) is 1.59. The Morgan fingerprint density at radius 2 is 0.431 bits per heavy atom. The normalized spacial score (nSPS) is 11.8. The molecule has 15 heterocycles. The molecule has 0 N–H and O–H groups in total. The zero-order valence-corrected chi connectivity index (χ0v) is 73.0. The molecule has 14 nitrogen and oxygen atoms in total. The van der Waals surface area contributed by atoms with E-state index in [0.29, 0.717) is 11.9 Å². The smallest absolute Gasteiger partial charge is 0.237 e. The number of benzene rings is 15. The first-order valence-electron chi connectivity index (χ1n) is 42.7. The van der Waals surface area contributed by atoms with Gasteiger partial charge in [-0.05, 0) is 158 Å². The molecular formula is C111H66N14S5. The van der Waals surface area contributed by atoms with Gasteiger partial charge in [0.2, 0.25) is 11.9 Å². The van der Waals surface area contributed by atoms with E-state index in [1.807, 2.05) is 99.5 Å². The number of rotatable bonds is 5. The maximum absolute atomic E-state index is 4.62. The Hall–Kier alpha value is -16.1. The SMILES string of the molecule is c1ccc(-n2c3ccccc3c3cc4sc5ccccc5c4cc32)nc1.c1ccc2c(c1)sc1cc3c4ccccc4n(-c4ccncc4)c3cc12.c1ccc2c(c1)sc1cc3c4ccccc4n(-c4ccncn4)c3cc12.c1ccc2c(c1)sc1cc3c4ccccc4n(-c4ncncn4)c3cc12.c1cnc(-n2c3ccccc3c3cc4sc5ccccc5c4cc32)nc1. The van der Waals surface area contributed by atoms with Crippen molar-refractivity contribution >= 4 is 267 Å². The molecule has 0 atom stereocenters. The molecule has 0 aliphatic rings. The lowest BCUT2D eigenvalue weighted by molar-refractivity contribution is 0.940. The number of hydrogen-bond acceptors (Lipinski definition) is 14. The fourth-order valence-electron chi connectivity index (χ4n) is 19.3. The van der Waals surface area contributed by atoms with Gasteiger partial charge in [0.1, 0.15) is 30.6 Å². The van der Waals surface area contributed by atoms with Crippen molar-refractivity contribution in [2.75, 3.05) is 0 Å². The fourth-order valence-corrected chi connectivity index (χ4v) is 24.9. The molecule has 30 aromatic rings.